The molecule has 3 nitrogen and oxygen atoms in total. The van der Waals surface area contributed by atoms with Gasteiger partial charge in [-0.15, -0.1) is 0 Å². The first-order valence-electron chi connectivity index (χ1n) is 4.68. The molecule has 1 heterocycles. The molecule has 2 N–H and O–H groups in total. The molecule has 1 aromatic heterocycles. The summed E-state index contributed by atoms with van der Waals surface area (Å²) in [7, 11) is 1.99. The molecule has 0 saturated heterocycles. The second-order valence-electron chi connectivity index (χ2n) is 4.43. The molecule has 0 aromatic carbocycles. The van der Waals surface area contributed by atoms with Crippen molar-refractivity contribution < 1.29 is 0 Å². The first-order chi connectivity index (χ1) is 5.96. The van der Waals surface area contributed by atoms with Gasteiger partial charge in [-0.05, 0) is 18.5 Å². The van der Waals surface area contributed by atoms with E-state index in [4.69, 9.17) is 5.73 Å². The topological polar surface area (TPSA) is 43.8 Å². The highest BCUT2D eigenvalue weighted by Gasteiger charge is 2.21. The molecule has 0 bridgehead atoms. The van der Waals surface area contributed by atoms with Gasteiger partial charge in [-0.3, -0.25) is 4.68 Å². The van der Waals surface area contributed by atoms with E-state index < -0.39 is 0 Å². The van der Waals surface area contributed by atoms with Crippen LogP contribution < -0.4 is 5.73 Å². The van der Waals surface area contributed by atoms with E-state index in [0.29, 0.717) is 6.54 Å². The van der Waals surface area contributed by atoms with Crippen molar-refractivity contribution in [2.24, 2.45) is 12.8 Å². The SMILES string of the molecule is Cn1ncc(CCN)c1C(C)(C)C. The van der Waals surface area contributed by atoms with Crippen molar-refractivity contribution >= 4 is 0 Å². The van der Waals surface area contributed by atoms with Crippen LogP contribution >= 0.6 is 0 Å². The van der Waals surface area contributed by atoms with E-state index in [1.807, 2.05) is 17.9 Å². The summed E-state index contributed by atoms with van der Waals surface area (Å²) in [6.45, 7) is 7.28. The minimum Gasteiger partial charge on any atom is -0.330 e. The maximum absolute atomic E-state index is 5.54. The third-order valence-corrected chi connectivity index (χ3v) is 2.14. The van der Waals surface area contributed by atoms with E-state index in [1.54, 1.807) is 0 Å². The molecular weight excluding hydrogens is 162 g/mol. The van der Waals surface area contributed by atoms with Crippen molar-refractivity contribution in [2.45, 2.75) is 32.6 Å². The van der Waals surface area contributed by atoms with E-state index in [2.05, 4.69) is 25.9 Å². The smallest absolute Gasteiger partial charge is 0.0525 e. The van der Waals surface area contributed by atoms with Crippen molar-refractivity contribution in [1.29, 1.82) is 0 Å². The predicted molar refractivity (Wildman–Crippen MR) is 54.7 cm³/mol. The van der Waals surface area contributed by atoms with Gasteiger partial charge >= 0.3 is 0 Å². The lowest BCUT2D eigenvalue weighted by Crippen LogP contribution is -2.19. The fourth-order valence-corrected chi connectivity index (χ4v) is 1.79. The van der Waals surface area contributed by atoms with Gasteiger partial charge in [0, 0.05) is 18.2 Å². The van der Waals surface area contributed by atoms with Gasteiger partial charge in [0.1, 0.15) is 0 Å². The Morgan fingerprint density at radius 2 is 2.08 bits per heavy atom. The minimum atomic E-state index is 0.149. The van der Waals surface area contributed by atoms with Crippen LogP contribution in [0.4, 0.5) is 0 Å². The molecule has 0 saturated carbocycles. The summed E-state index contributed by atoms with van der Waals surface area (Å²) in [5.74, 6) is 0. The van der Waals surface area contributed by atoms with E-state index >= 15 is 0 Å². The highest BCUT2D eigenvalue weighted by molar-refractivity contribution is 5.24. The lowest BCUT2D eigenvalue weighted by molar-refractivity contribution is 0.517. The van der Waals surface area contributed by atoms with Crippen LogP contribution in [0.3, 0.4) is 0 Å². The van der Waals surface area contributed by atoms with Crippen LogP contribution in [0.15, 0.2) is 6.20 Å². The first-order valence-corrected chi connectivity index (χ1v) is 4.68. The van der Waals surface area contributed by atoms with Crippen LogP contribution in [-0.4, -0.2) is 16.3 Å². The predicted octanol–water partition coefficient (Wildman–Crippen LogP) is 1.22. The number of nitrogens with zero attached hydrogens (tertiary/aromatic N) is 2. The third-order valence-electron chi connectivity index (χ3n) is 2.14. The normalized spacial score (nSPS) is 12.1. The Balaban J connectivity index is 3.09. The zero-order valence-corrected chi connectivity index (χ0v) is 8.96. The van der Waals surface area contributed by atoms with Crippen LogP contribution in [-0.2, 0) is 18.9 Å². The molecule has 1 rings (SSSR count). The lowest BCUT2D eigenvalue weighted by Gasteiger charge is -2.20. The Morgan fingerprint density at radius 1 is 1.46 bits per heavy atom. The molecule has 0 spiro atoms. The largest absolute Gasteiger partial charge is 0.330 e. The highest BCUT2D eigenvalue weighted by atomic mass is 15.3. The molecule has 0 aliphatic heterocycles. The Bertz CT molecular complexity index is 281. The lowest BCUT2D eigenvalue weighted by atomic mass is 9.88. The molecule has 0 aliphatic rings. The summed E-state index contributed by atoms with van der Waals surface area (Å²) in [5, 5.41) is 4.26. The van der Waals surface area contributed by atoms with Gasteiger partial charge in [-0.25, -0.2) is 0 Å². The van der Waals surface area contributed by atoms with Crippen LogP contribution in [0.2, 0.25) is 0 Å². The minimum absolute atomic E-state index is 0.149. The summed E-state index contributed by atoms with van der Waals surface area (Å²) < 4.78 is 1.95. The molecule has 0 aliphatic carbocycles. The first kappa shape index (κ1) is 10.3. The van der Waals surface area contributed by atoms with Gasteiger partial charge in [0.25, 0.3) is 0 Å². The quantitative estimate of drug-likeness (QED) is 0.745. The average molecular weight is 181 g/mol. The maximum Gasteiger partial charge on any atom is 0.0525 e. The summed E-state index contributed by atoms with van der Waals surface area (Å²) >= 11 is 0. The molecule has 0 unspecified atom stereocenters. The Kier molecular flexibility index (Phi) is 2.76. The third kappa shape index (κ3) is 2.10. The summed E-state index contributed by atoms with van der Waals surface area (Å²) in [4.78, 5) is 0. The number of aryl methyl sites for hydroxylation is 1. The van der Waals surface area contributed by atoms with E-state index in [0.717, 1.165) is 6.42 Å². The molecule has 0 amide bonds. The Labute approximate surface area is 79.9 Å². The van der Waals surface area contributed by atoms with Crippen molar-refractivity contribution in [1.82, 2.24) is 9.78 Å². The van der Waals surface area contributed by atoms with Crippen molar-refractivity contribution in [3.8, 4) is 0 Å². The van der Waals surface area contributed by atoms with Crippen LogP contribution in [0.25, 0.3) is 0 Å². The maximum atomic E-state index is 5.54. The van der Waals surface area contributed by atoms with Gasteiger partial charge in [-0.2, -0.15) is 5.10 Å². The number of aromatic nitrogens is 2. The van der Waals surface area contributed by atoms with Gasteiger partial charge in [0.2, 0.25) is 0 Å². The second kappa shape index (κ2) is 3.50. The molecule has 0 radical (unpaired) electrons. The average Bonchev–Trinajstić information content (AvgIpc) is 2.31. The summed E-state index contributed by atoms with van der Waals surface area (Å²) in [5.41, 5.74) is 8.26. The second-order valence-corrected chi connectivity index (χ2v) is 4.43. The fourth-order valence-electron chi connectivity index (χ4n) is 1.79. The van der Waals surface area contributed by atoms with Gasteiger partial charge in [0.05, 0.1) is 6.20 Å². The van der Waals surface area contributed by atoms with E-state index in [-0.39, 0.29) is 5.41 Å². The number of hydrogen-bond donors (Lipinski definition) is 1. The van der Waals surface area contributed by atoms with Crippen molar-refractivity contribution in [3.63, 3.8) is 0 Å². The van der Waals surface area contributed by atoms with E-state index in [1.165, 1.54) is 11.3 Å². The highest BCUT2D eigenvalue weighted by Crippen LogP contribution is 2.25. The van der Waals surface area contributed by atoms with E-state index in [9.17, 15) is 0 Å². The summed E-state index contributed by atoms with van der Waals surface area (Å²) in [6, 6.07) is 0. The molecule has 3 heteroatoms. The molecule has 1 aromatic rings. The van der Waals surface area contributed by atoms with Crippen molar-refractivity contribution in [3.05, 3.63) is 17.5 Å². The zero-order valence-electron chi connectivity index (χ0n) is 8.96. The Morgan fingerprint density at radius 3 is 2.54 bits per heavy atom. The molecular formula is C10H19N3. The number of rotatable bonds is 2. The Hall–Kier alpha value is -0.830. The fraction of sp³-hybridized carbons (Fsp3) is 0.700. The molecule has 74 valence electrons. The van der Waals surface area contributed by atoms with Gasteiger partial charge in [-0.1, -0.05) is 20.8 Å². The van der Waals surface area contributed by atoms with Gasteiger partial charge in [0.15, 0.2) is 0 Å². The van der Waals surface area contributed by atoms with Crippen molar-refractivity contribution in [2.75, 3.05) is 6.54 Å². The van der Waals surface area contributed by atoms with Crippen LogP contribution in [0.1, 0.15) is 32.0 Å². The standard InChI is InChI=1S/C10H19N3/c1-10(2,3)9-8(5-6-11)7-12-13(9)4/h7H,5-6,11H2,1-4H3. The number of nitrogens with two attached hydrogens (primary N) is 1. The molecule has 0 fully saturated rings. The zero-order chi connectivity index (χ0) is 10.1. The number of hydrogen-bond acceptors (Lipinski definition) is 2. The van der Waals surface area contributed by atoms with Gasteiger partial charge < -0.3 is 5.73 Å². The molecule has 0 atom stereocenters. The molecule has 13 heavy (non-hydrogen) atoms. The monoisotopic (exact) mass is 181 g/mol. The summed E-state index contributed by atoms with van der Waals surface area (Å²) in [6.07, 6.45) is 2.84. The van der Waals surface area contributed by atoms with Crippen LogP contribution in [0, 0.1) is 0 Å². The van der Waals surface area contributed by atoms with Crippen LogP contribution in [0.5, 0.6) is 0 Å².